The van der Waals surface area contributed by atoms with Crippen LogP contribution in [0.1, 0.15) is 5.56 Å². The van der Waals surface area contributed by atoms with Crippen molar-refractivity contribution < 1.29 is 4.79 Å². The molecule has 0 unspecified atom stereocenters. The van der Waals surface area contributed by atoms with Gasteiger partial charge in [0, 0.05) is 19.3 Å². The molecule has 1 aromatic heterocycles. The summed E-state index contributed by atoms with van der Waals surface area (Å²) in [6.07, 6.45) is 1.48. The van der Waals surface area contributed by atoms with Gasteiger partial charge < -0.3 is 22.1 Å². The van der Waals surface area contributed by atoms with E-state index in [1.54, 1.807) is 0 Å². The highest BCUT2D eigenvalue weighted by molar-refractivity contribution is 5.71. The number of nitrogens with zero attached hydrogens (tertiary/aromatic N) is 2. The van der Waals surface area contributed by atoms with Gasteiger partial charge in [-0.25, -0.2) is 9.78 Å². The second-order valence-corrected chi connectivity index (χ2v) is 2.95. The van der Waals surface area contributed by atoms with Crippen molar-refractivity contribution in [2.75, 3.05) is 24.1 Å². The fourth-order valence-electron chi connectivity index (χ4n) is 1.08. The summed E-state index contributed by atoms with van der Waals surface area (Å²) in [5.74, 6) is 0.422. The molecular formula is C9H12N6O. The Balaban J connectivity index is 2.55. The van der Waals surface area contributed by atoms with Gasteiger partial charge >= 0.3 is 6.03 Å². The lowest BCUT2D eigenvalue weighted by Crippen LogP contribution is -2.33. The van der Waals surface area contributed by atoms with Crippen LogP contribution in [0.4, 0.5) is 16.3 Å². The zero-order chi connectivity index (χ0) is 12.0. The van der Waals surface area contributed by atoms with Crippen molar-refractivity contribution in [1.82, 2.24) is 10.3 Å². The summed E-state index contributed by atoms with van der Waals surface area (Å²) in [5.41, 5.74) is 11.2. The van der Waals surface area contributed by atoms with Crippen LogP contribution in [0.3, 0.4) is 0 Å². The van der Waals surface area contributed by atoms with Crippen molar-refractivity contribution in [3.8, 4) is 6.07 Å². The van der Waals surface area contributed by atoms with Crippen molar-refractivity contribution in [2.45, 2.75) is 0 Å². The maximum atomic E-state index is 10.4. The van der Waals surface area contributed by atoms with Gasteiger partial charge in [0.25, 0.3) is 0 Å². The van der Waals surface area contributed by atoms with Gasteiger partial charge in [-0.1, -0.05) is 0 Å². The molecule has 84 valence electrons. The third-order valence-corrected chi connectivity index (χ3v) is 1.83. The van der Waals surface area contributed by atoms with E-state index in [-0.39, 0.29) is 0 Å². The van der Waals surface area contributed by atoms with Crippen LogP contribution >= 0.6 is 0 Å². The van der Waals surface area contributed by atoms with Crippen molar-refractivity contribution in [3.05, 3.63) is 17.8 Å². The molecule has 0 bridgehead atoms. The molecule has 16 heavy (non-hydrogen) atoms. The SMILES string of the molecule is N#Cc1ccnc(NCCNC(N)=O)c1N. The number of carbonyl (C=O) groups is 1. The molecule has 7 nitrogen and oxygen atoms in total. The Morgan fingerprint density at radius 3 is 2.94 bits per heavy atom. The van der Waals surface area contributed by atoms with Crippen molar-refractivity contribution in [2.24, 2.45) is 5.73 Å². The number of primary amides is 1. The molecule has 1 heterocycles. The van der Waals surface area contributed by atoms with E-state index in [4.69, 9.17) is 16.7 Å². The number of nitrogens with two attached hydrogens (primary N) is 2. The summed E-state index contributed by atoms with van der Waals surface area (Å²) in [6.45, 7) is 0.780. The fraction of sp³-hybridized carbons (Fsp3) is 0.222. The number of carbonyl (C=O) groups excluding carboxylic acids is 1. The molecule has 1 rings (SSSR count). The molecule has 2 amide bonds. The number of aromatic nitrogens is 1. The predicted molar refractivity (Wildman–Crippen MR) is 59.4 cm³/mol. The molecule has 0 spiro atoms. The lowest BCUT2D eigenvalue weighted by molar-refractivity contribution is 0.249. The van der Waals surface area contributed by atoms with Gasteiger partial charge in [-0.05, 0) is 6.07 Å². The normalized spacial score (nSPS) is 9.19. The largest absolute Gasteiger partial charge is 0.395 e. The molecule has 1 aromatic rings. The average Bonchev–Trinajstić information content (AvgIpc) is 2.26. The molecule has 0 aliphatic heterocycles. The molecule has 7 heteroatoms. The predicted octanol–water partition coefficient (Wildman–Crippen LogP) is -0.384. The first-order chi connectivity index (χ1) is 7.65. The molecule has 0 saturated carbocycles. The van der Waals surface area contributed by atoms with Crippen LogP contribution in [-0.4, -0.2) is 24.1 Å². The molecule has 0 aromatic carbocycles. The minimum atomic E-state index is -0.589. The van der Waals surface area contributed by atoms with Crippen molar-refractivity contribution in [1.29, 1.82) is 5.26 Å². The van der Waals surface area contributed by atoms with Gasteiger partial charge in [0.1, 0.15) is 6.07 Å². The van der Waals surface area contributed by atoms with E-state index in [9.17, 15) is 4.79 Å². The second kappa shape index (κ2) is 5.41. The molecule has 0 atom stereocenters. The number of hydrogen-bond donors (Lipinski definition) is 4. The zero-order valence-corrected chi connectivity index (χ0v) is 8.53. The first kappa shape index (κ1) is 11.6. The van der Waals surface area contributed by atoms with Gasteiger partial charge in [0.05, 0.1) is 11.3 Å². The molecule has 0 fully saturated rings. The van der Waals surface area contributed by atoms with E-state index in [2.05, 4.69) is 15.6 Å². The topological polar surface area (TPSA) is 130 Å². The van der Waals surface area contributed by atoms with E-state index in [0.717, 1.165) is 0 Å². The third kappa shape index (κ3) is 3.02. The Morgan fingerprint density at radius 1 is 1.56 bits per heavy atom. The number of pyridine rings is 1. The smallest absolute Gasteiger partial charge is 0.312 e. The van der Waals surface area contributed by atoms with Crippen molar-refractivity contribution >= 4 is 17.5 Å². The number of urea groups is 1. The first-order valence-electron chi connectivity index (χ1n) is 4.57. The van der Waals surface area contributed by atoms with E-state index in [1.807, 2.05) is 6.07 Å². The fourth-order valence-corrected chi connectivity index (χ4v) is 1.08. The second-order valence-electron chi connectivity index (χ2n) is 2.95. The third-order valence-electron chi connectivity index (χ3n) is 1.83. The number of nitrogen functional groups attached to an aromatic ring is 1. The van der Waals surface area contributed by atoms with Crippen LogP contribution < -0.4 is 22.1 Å². The minimum absolute atomic E-state index is 0.295. The van der Waals surface area contributed by atoms with Gasteiger partial charge in [0.2, 0.25) is 0 Å². The Labute approximate surface area is 92.4 Å². The van der Waals surface area contributed by atoms with Gasteiger partial charge in [-0.3, -0.25) is 0 Å². The summed E-state index contributed by atoms with van der Waals surface area (Å²) >= 11 is 0. The first-order valence-corrected chi connectivity index (χ1v) is 4.57. The number of nitrogens with one attached hydrogen (secondary N) is 2. The number of nitriles is 1. The Kier molecular flexibility index (Phi) is 3.91. The molecule has 0 saturated heterocycles. The van der Waals surface area contributed by atoms with Crippen LogP contribution in [0.25, 0.3) is 0 Å². The van der Waals surface area contributed by atoms with E-state index < -0.39 is 6.03 Å². The van der Waals surface area contributed by atoms with Crippen LogP contribution in [-0.2, 0) is 0 Å². The lowest BCUT2D eigenvalue weighted by atomic mass is 10.2. The summed E-state index contributed by atoms with van der Waals surface area (Å²) in [5, 5.41) is 14.0. The molecule has 0 radical (unpaired) electrons. The Hall–Kier alpha value is -2.49. The summed E-state index contributed by atoms with van der Waals surface area (Å²) < 4.78 is 0. The summed E-state index contributed by atoms with van der Waals surface area (Å²) in [6, 6.07) is 2.89. The maximum absolute atomic E-state index is 10.4. The molecular weight excluding hydrogens is 208 g/mol. The highest BCUT2D eigenvalue weighted by atomic mass is 16.2. The van der Waals surface area contributed by atoms with E-state index >= 15 is 0 Å². The van der Waals surface area contributed by atoms with E-state index in [1.165, 1.54) is 12.3 Å². The van der Waals surface area contributed by atoms with Crippen LogP contribution in [0.2, 0.25) is 0 Å². The number of amides is 2. The molecule has 0 aliphatic carbocycles. The van der Waals surface area contributed by atoms with Crippen LogP contribution in [0, 0.1) is 11.3 Å². The molecule has 0 aliphatic rings. The zero-order valence-electron chi connectivity index (χ0n) is 8.53. The number of hydrogen-bond acceptors (Lipinski definition) is 5. The highest BCUT2D eigenvalue weighted by Crippen LogP contribution is 2.18. The Morgan fingerprint density at radius 2 is 2.31 bits per heavy atom. The standard InChI is InChI=1S/C9H12N6O/c10-5-6-1-2-13-8(7(6)11)14-3-4-15-9(12)16/h1-2H,3-4,11H2,(H,13,14)(H3,12,15,16). The van der Waals surface area contributed by atoms with E-state index in [0.29, 0.717) is 30.2 Å². The van der Waals surface area contributed by atoms with Gasteiger partial charge in [0.15, 0.2) is 5.82 Å². The quantitative estimate of drug-likeness (QED) is 0.513. The van der Waals surface area contributed by atoms with Gasteiger partial charge in [-0.2, -0.15) is 5.26 Å². The Bertz CT molecular complexity index is 424. The molecule has 6 N–H and O–H groups in total. The van der Waals surface area contributed by atoms with Crippen LogP contribution in [0.15, 0.2) is 12.3 Å². The summed E-state index contributed by atoms with van der Waals surface area (Å²) in [4.78, 5) is 14.4. The number of rotatable bonds is 4. The monoisotopic (exact) mass is 220 g/mol. The number of anilines is 2. The highest BCUT2D eigenvalue weighted by Gasteiger charge is 2.04. The van der Waals surface area contributed by atoms with Gasteiger partial charge in [-0.15, -0.1) is 0 Å². The minimum Gasteiger partial charge on any atom is -0.395 e. The maximum Gasteiger partial charge on any atom is 0.312 e. The average molecular weight is 220 g/mol. The van der Waals surface area contributed by atoms with Crippen molar-refractivity contribution in [3.63, 3.8) is 0 Å². The van der Waals surface area contributed by atoms with Crippen LogP contribution in [0.5, 0.6) is 0 Å². The summed E-state index contributed by atoms with van der Waals surface area (Å²) in [7, 11) is 0. The lowest BCUT2D eigenvalue weighted by Gasteiger charge is -2.08.